The number of piperidine rings is 2. The molecule has 0 aliphatic carbocycles. The summed E-state index contributed by atoms with van der Waals surface area (Å²) in [6.07, 6.45) is 7.90. The Morgan fingerprint density at radius 1 is 1.02 bits per heavy atom. The smallest absolute Gasteiger partial charge is 0.261 e. The molecule has 5 aliphatic rings. The number of imide groups is 2. The van der Waals surface area contributed by atoms with Crippen LogP contribution in [0.5, 0.6) is 5.75 Å². The van der Waals surface area contributed by atoms with Gasteiger partial charge in [0.1, 0.15) is 23.7 Å². The highest BCUT2D eigenvalue weighted by Crippen LogP contribution is 2.46. The molecular formula is C43H49ClN8O5. The van der Waals surface area contributed by atoms with E-state index >= 15 is 0 Å². The van der Waals surface area contributed by atoms with E-state index in [0.29, 0.717) is 40.2 Å². The van der Waals surface area contributed by atoms with Crippen molar-refractivity contribution in [2.75, 3.05) is 60.5 Å². The minimum Gasteiger partial charge on any atom is -0.489 e. The number of nitriles is 1. The molecule has 4 amide bonds. The lowest BCUT2D eigenvalue weighted by Gasteiger charge is -2.48. The molecule has 3 aromatic rings. The van der Waals surface area contributed by atoms with E-state index in [1.807, 2.05) is 36.5 Å². The van der Waals surface area contributed by atoms with E-state index in [1.165, 1.54) is 4.90 Å². The van der Waals surface area contributed by atoms with Gasteiger partial charge in [-0.15, -0.1) is 0 Å². The zero-order valence-corrected chi connectivity index (χ0v) is 33.3. The van der Waals surface area contributed by atoms with E-state index in [0.717, 1.165) is 101 Å². The number of halogens is 1. The van der Waals surface area contributed by atoms with Crippen LogP contribution in [0.15, 0.2) is 54.7 Å². The lowest BCUT2D eigenvalue weighted by Crippen LogP contribution is -2.61. The predicted molar refractivity (Wildman–Crippen MR) is 217 cm³/mol. The van der Waals surface area contributed by atoms with Crippen molar-refractivity contribution in [3.05, 3.63) is 76.4 Å². The fraction of sp³-hybridized carbons (Fsp3) is 0.488. The number of pyridine rings is 1. The van der Waals surface area contributed by atoms with E-state index in [4.69, 9.17) is 21.3 Å². The Hall–Kier alpha value is -5.19. The maximum absolute atomic E-state index is 13.3. The van der Waals surface area contributed by atoms with Gasteiger partial charge in [0.2, 0.25) is 12.3 Å². The third-order valence-electron chi connectivity index (χ3n) is 12.9. The van der Waals surface area contributed by atoms with E-state index in [-0.39, 0.29) is 36.2 Å². The van der Waals surface area contributed by atoms with Crippen LogP contribution in [0.1, 0.15) is 85.1 Å². The fourth-order valence-electron chi connectivity index (χ4n) is 9.54. The topological polar surface area (TPSA) is 142 Å². The third kappa shape index (κ3) is 7.77. The number of carbonyl (C=O) groups is 4. The summed E-state index contributed by atoms with van der Waals surface area (Å²) in [5, 5.41) is 11.9. The first kappa shape index (κ1) is 38.7. The van der Waals surface area contributed by atoms with Gasteiger partial charge in [-0.25, -0.2) is 4.98 Å². The Labute approximate surface area is 338 Å². The van der Waals surface area contributed by atoms with Crippen LogP contribution in [-0.2, 0) is 9.59 Å². The number of hydrogen-bond acceptors (Lipinski definition) is 11. The molecule has 0 saturated carbocycles. The molecule has 0 radical (unpaired) electrons. The van der Waals surface area contributed by atoms with Crippen molar-refractivity contribution in [1.29, 1.82) is 5.26 Å². The van der Waals surface area contributed by atoms with E-state index < -0.39 is 11.9 Å². The molecule has 57 heavy (non-hydrogen) atoms. The molecule has 1 spiro atoms. The van der Waals surface area contributed by atoms with Crippen LogP contribution < -0.4 is 24.8 Å². The van der Waals surface area contributed by atoms with Gasteiger partial charge in [0.15, 0.2) is 0 Å². The Morgan fingerprint density at radius 3 is 2.44 bits per heavy atom. The quantitative estimate of drug-likeness (QED) is 0.201. The second-order valence-corrected chi connectivity index (χ2v) is 16.9. The number of nitrogens with zero attached hydrogens (tertiary/aromatic N) is 7. The van der Waals surface area contributed by atoms with Crippen LogP contribution in [0.4, 0.5) is 17.2 Å². The van der Waals surface area contributed by atoms with Gasteiger partial charge in [-0.3, -0.25) is 34.3 Å². The normalized spacial score (nSPS) is 21.7. The molecule has 2 aromatic carbocycles. The van der Waals surface area contributed by atoms with Crippen molar-refractivity contribution >= 4 is 52.9 Å². The molecule has 4 saturated heterocycles. The van der Waals surface area contributed by atoms with Crippen LogP contribution in [0.2, 0.25) is 5.02 Å². The molecule has 1 N–H and O–H groups in total. The van der Waals surface area contributed by atoms with Crippen molar-refractivity contribution in [1.82, 2.24) is 20.1 Å². The SMILES string of the molecule is CC(CCC(=O)NC=O)N1C(=O)c2ccc(N3CC(N4CCC(Oc5ccc(N6CCC7(CC6)CC(C)N(c6ccc(C#N)c(Cl)c6)C7)nc5)CC4)C3)cc2C1=O. The first-order chi connectivity index (χ1) is 27.5. The molecule has 6 heterocycles. The number of fused-ring (bicyclic) bond motifs is 1. The van der Waals surface area contributed by atoms with Gasteiger partial charge in [-0.1, -0.05) is 11.6 Å². The number of ether oxygens (including phenoxy) is 1. The number of hydrogen-bond donors (Lipinski definition) is 1. The second kappa shape index (κ2) is 16.0. The summed E-state index contributed by atoms with van der Waals surface area (Å²) in [4.78, 5) is 64.2. The molecule has 2 unspecified atom stereocenters. The number of benzene rings is 2. The Balaban J connectivity index is 0.770. The summed E-state index contributed by atoms with van der Waals surface area (Å²) in [5.41, 5.74) is 3.58. The van der Waals surface area contributed by atoms with Gasteiger partial charge in [0.05, 0.1) is 27.9 Å². The summed E-state index contributed by atoms with van der Waals surface area (Å²) in [5.74, 6) is 0.670. The largest absolute Gasteiger partial charge is 0.489 e. The van der Waals surface area contributed by atoms with Crippen molar-refractivity contribution in [2.45, 2.75) is 83.0 Å². The summed E-state index contributed by atoms with van der Waals surface area (Å²) in [6, 6.07) is 17.9. The first-order valence-corrected chi connectivity index (χ1v) is 20.5. The second-order valence-electron chi connectivity index (χ2n) is 16.5. The Bertz CT molecular complexity index is 2070. The number of rotatable bonds is 11. The lowest BCUT2D eigenvalue weighted by atomic mass is 9.77. The summed E-state index contributed by atoms with van der Waals surface area (Å²) in [6.45, 7) is 10.6. The van der Waals surface area contributed by atoms with Crippen LogP contribution >= 0.6 is 11.6 Å². The average molecular weight is 793 g/mol. The van der Waals surface area contributed by atoms with E-state index in [9.17, 15) is 24.4 Å². The monoisotopic (exact) mass is 792 g/mol. The number of aromatic nitrogens is 1. The summed E-state index contributed by atoms with van der Waals surface area (Å²) in [7, 11) is 0. The molecule has 0 bridgehead atoms. The molecule has 8 rings (SSSR count). The molecule has 13 nitrogen and oxygen atoms in total. The Kier molecular flexibility index (Phi) is 10.8. The Morgan fingerprint density at radius 2 is 1.75 bits per heavy atom. The van der Waals surface area contributed by atoms with Gasteiger partial charge in [-0.05, 0) is 106 Å². The average Bonchev–Trinajstić information content (AvgIpc) is 3.65. The molecule has 298 valence electrons. The van der Waals surface area contributed by atoms with Crippen molar-refractivity contribution < 1.29 is 23.9 Å². The molecule has 2 atom stereocenters. The molecular weight excluding hydrogens is 744 g/mol. The standard InChI is InChI=1S/C43H49ClN8O5/c1-28(3-10-40(54)47-27-53)52-41(55)36-8-6-31(19-37(36)42(52)56)50-24-33(25-50)48-15-11-34(12-16-48)57-35-7-9-39(46-23-35)49-17-13-43(14-18-49)21-29(2)51(26-43)32-5-4-30(22-45)38(44)20-32/h4-9,19-20,23,27-29,33-34H,3,10-18,21,24-26H2,1-2H3,(H,47,53,54). The van der Waals surface area contributed by atoms with Gasteiger partial charge < -0.3 is 19.4 Å². The summed E-state index contributed by atoms with van der Waals surface area (Å²) >= 11 is 6.37. The van der Waals surface area contributed by atoms with Crippen molar-refractivity contribution in [3.8, 4) is 11.8 Å². The number of amides is 4. The minimum atomic E-state index is -0.472. The van der Waals surface area contributed by atoms with Crippen LogP contribution in [0, 0.1) is 16.7 Å². The molecule has 4 fully saturated rings. The maximum Gasteiger partial charge on any atom is 0.261 e. The third-order valence-corrected chi connectivity index (χ3v) is 13.2. The first-order valence-electron chi connectivity index (χ1n) is 20.1. The van der Waals surface area contributed by atoms with Gasteiger partial charge in [0.25, 0.3) is 11.8 Å². The van der Waals surface area contributed by atoms with Gasteiger partial charge >= 0.3 is 0 Å². The highest BCUT2D eigenvalue weighted by molar-refractivity contribution is 6.32. The van der Waals surface area contributed by atoms with Crippen LogP contribution in [-0.4, -0.2) is 109 Å². The maximum atomic E-state index is 13.3. The van der Waals surface area contributed by atoms with Crippen LogP contribution in [0.25, 0.3) is 0 Å². The van der Waals surface area contributed by atoms with Crippen LogP contribution in [0.3, 0.4) is 0 Å². The highest BCUT2D eigenvalue weighted by Gasteiger charge is 2.45. The number of likely N-dealkylation sites (tertiary alicyclic amines) is 1. The minimum absolute atomic E-state index is 0.0443. The lowest BCUT2D eigenvalue weighted by molar-refractivity contribution is -0.125. The number of anilines is 3. The molecule has 14 heteroatoms. The number of nitrogens with one attached hydrogen (secondary N) is 1. The fourth-order valence-corrected chi connectivity index (χ4v) is 9.76. The van der Waals surface area contributed by atoms with Crippen molar-refractivity contribution in [2.24, 2.45) is 5.41 Å². The highest BCUT2D eigenvalue weighted by atomic mass is 35.5. The van der Waals surface area contributed by atoms with Gasteiger partial charge in [-0.2, -0.15) is 5.26 Å². The zero-order valence-electron chi connectivity index (χ0n) is 32.5. The number of carbonyl (C=O) groups excluding carboxylic acids is 4. The van der Waals surface area contributed by atoms with E-state index in [2.05, 4.69) is 50.0 Å². The molecule has 5 aliphatic heterocycles. The zero-order chi connectivity index (χ0) is 39.8. The van der Waals surface area contributed by atoms with Crippen molar-refractivity contribution in [3.63, 3.8) is 0 Å². The van der Waals surface area contributed by atoms with E-state index in [1.54, 1.807) is 13.0 Å². The van der Waals surface area contributed by atoms with Gasteiger partial charge in [0, 0.05) is 81.7 Å². The summed E-state index contributed by atoms with van der Waals surface area (Å²) < 4.78 is 6.41. The predicted octanol–water partition coefficient (Wildman–Crippen LogP) is 5.26. The molecule has 1 aromatic heterocycles.